The number of rotatable bonds is 4. The zero-order chi connectivity index (χ0) is 12.7. The minimum absolute atomic E-state index is 0.0922. The van der Waals surface area contributed by atoms with Gasteiger partial charge in [0, 0.05) is 0 Å². The molecule has 1 rings (SSSR count). The molecule has 0 spiro atoms. The Kier molecular flexibility index (Phi) is 4.77. The van der Waals surface area contributed by atoms with E-state index in [1.807, 2.05) is 24.3 Å². The third kappa shape index (κ3) is 3.65. The summed E-state index contributed by atoms with van der Waals surface area (Å²) in [4.78, 5) is 11.3. The average Bonchev–Trinajstić information content (AvgIpc) is 2.36. The van der Waals surface area contributed by atoms with E-state index >= 15 is 0 Å². The largest absolute Gasteiger partial charge is 0.466 e. The van der Waals surface area contributed by atoms with Crippen molar-refractivity contribution < 1.29 is 9.53 Å². The molecule has 0 aliphatic rings. The van der Waals surface area contributed by atoms with E-state index in [9.17, 15) is 4.79 Å². The van der Waals surface area contributed by atoms with Gasteiger partial charge in [-0.05, 0) is 12.5 Å². The van der Waals surface area contributed by atoms with Crippen molar-refractivity contribution in [3.8, 4) is 6.07 Å². The molecule has 4 nitrogen and oxygen atoms in total. The summed E-state index contributed by atoms with van der Waals surface area (Å²) in [6.45, 7) is 2.01. The SMILES string of the molecule is CCOC(=O)C/C(C#N)=C(/N)c1ccccc1. The topological polar surface area (TPSA) is 76.1 Å². The maximum absolute atomic E-state index is 11.3. The summed E-state index contributed by atoms with van der Waals surface area (Å²) in [5, 5.41) is 8.98. The maximum Gasteiger partial charge on any atom is 0.311 e. The third-order valence-corrected chi connectivity index (χ3v) is 2.17. The van der Waals surface area contributed by atoms with Crippen molar-refractivity contribution >= 4 is 11.7 Å². The maximum atomic E-state index is 11.3. The quantitative estimate of drug-likeness (QED) is 0.632. The van der Waals surface area contributed by atoms with E-state index in [2.05, 4.69) is 0 Å². The molecule has 0 saturated carbocycles. The highest BCUT2D eigenvalue weighted by atomic mass is 16.5. The van der Waals surface area contributed by atoms with Crippen LogP contribution in [-0.4, -0.2) is 12.6 Å². The molecule has 2 N–H and O–H groups in total. The van der Waals surface area contributed by atoms with Gasteiger partial charge in [0.05, 0.1) is 30.4 Å². The average molecular weight is 230 g/mol. The molecule has 0 fully saturated rings. The minimum Gasteiger partial charge on any atom is -0.466 e. The molecule has 4 heteroatoms. The fourth-order valence-corrected chi connectivity index (χ4v) is 1.34. The zero-order valence-electron chi connectivity index (χ0n) is 9.64. The smallest absolute Gasteiger partial charge is 0.311 e. The molecular formula is C13H14N2O2. The number of nitrogens with zero attached hydrogens (tertiary/aromatic N) is 1. The van der Waals surface area contributed by atoms with Crippen LogP contribution in [0.25, 0.3) is 5.70 Å². The molecule has 0 saturated heterocycles. The molecule has 0 amide bonds. The van der Waals surface area contributed by atoms with Crippen molar-refractivity contribution in [1.82, 2.24) is 0 Å². The number of carbonyl (C=O) groups excluding carboxylic acids is 1. The summed E-state index contributed by atoms with van der Waals surface area (Å²) >= 11 is 0. The summed E-state index contributed by atoms with van der Waals surface area (Å²) in [6, 6.07) is 11.0. The Labute approximate surface area is 100 Å². The summed E-state index contributed by atoms with van der Waals surface area (Å²) in [6.07, 6.45) is -0.0922. The first-order valence-corrected chi connectivity index (χ1v) is 5.28. The van der Waals surface area contributed by atoms with Crippen molar-refractivity contribution in [1.29, 1.82) is 5.26 Å². The summed E-state index contributed by atoms with van der Waals surface area (Å²) in [5.41, 5.74) is 7.13. The number of esters is 1. The van der Waals surface area contributed by atoms with Crippen molar-refractivity contribution in [2.45, 2.75) is 13.3 Å². The van der Waals surface area contributed by atoms with Crippen LogP contribution in [0.4, 0.5) is 0 Å². The predicted octanol–water partition coefficient (Wildman–Crippen LogP) is 1.83. The lowest BCUT2D eigenvalue weighted by Crippen LogP contribution is -2.08. The monoisotopic (exact) mass is 230 g/mol. The molecule has 0 radical (unpaired) electrons. The Hall–Kier alpha value is -2.28. The zero-order valence-corrected chi connectivity index (χ0v) is 9.64. The molecule has 0 unspecified atom stereocenters. The first-order chi connectivity index (χ1) is 8.19. The molecule has 0 bridgehead atoms. The van der Waals surface area contributed by atoms with Gasteiger partial charge in [-0.15, -0.1) is 0 Å². The molecular weight excluding hydrogens is 216 g/mol. The number of ether oxygens (including phenoxy) is 1. The second kappa shape index (κ2) is 6.33. The van der Waals surface area contributed by atoms with Crippen LogP contribution in [0.1, 0.15) is 18.9 Å². The van der Waals surface area contributed by atoms with Gasteiger partial charge in [0.2, 0.25) is 0 Å². The van der Waals surface area contributed by atoms with Crippen LogP contribution in [0.3, 0.4) is 0 Å². The molecule has 0 aliphatic carbocycles. The van der Waals surface area contributed by atoms with Gasteiger partial charge in [-0.3, -0.25) is 4.79 Å². The van der Waals surface area contributed by atoms with Crippen LogP contribution in [-0.2, 0) is 9.53 Å². The van der Waals surface area contributed by atoms with E-state index in [-0.39, 0.29) is 12.0 Å². The Morgan fingerprint density at radius 3 is 2.59 bits per heavy atom. The van der Waals surface area contributed by atoms with E-state index in [0.717, 1.165) is 5.56 Å². The molecule has 0 heterocycles. The highest BCUT2D eigenvalue weighted by Crippen LogP contribution is 2.15. The van der Waals surface area contributed by atoms with Crippen LogP contribution in [0.2, 0.25) is 0 Å². The lowest BCUT2D eigenvalue weighted by atomic mass is 10.1. The number of nitrogens with two attached hydrogens (primary N) is 1. The second-order valence-electron chi connectivity index (χ2n) is 3.35. The Balaban J connectivity index is 2.93. The van der Waals surface area contributed by atoms with Gasteiger partial charge in [-0.1, -0.05) is 30.3 Å². The van der Waals surface area contributed by atoms with Crippen LogP contribution < -0.4 is 5.73 Å². The molecule has 0 aliphatic heterocycles. The van der Waals surface area contributed by atoms with Crippen LogP contribution in [0.5, 0.6) is 0 Å². The normalized spacial score (nSPS) is 11.3. The van der Waals surface area contributed by atoms with Crippen LogP contribution in [0.15, 0.2) is 35.9 Å². The van der Waals surface area contributed by atoms with Gasteiger partial charge in [0.15, 0.2) is 0 Å². The Morgan fingerprint density at radius 2 is 2.06 bits per heavy atom. The van der Waals surface area contributed by atoms with E-state index in [1.54, 1.807) is 19.1 Å². The highest BCUT2D eigenvalue weighted by Gasteiger charge is 2.11. The van der Waals surface area contributed by atoms with Gasteiger partial charge in [-0.2, -0.15) is 5.26 Å². The molecule has 0 aromatic heterocycles. The van der Waals surface area contributed by atoms with Gasteiger partial charge < -0.3 is 10.5 Å². The summed E-state index contributed by atoms with van der Waals surface area (Å²) < 4.78 is 4.78. The van der Waals surface area contributed by atoms with Crippen molar-refractivity contribution in [2.24, 2.45) is 5.73 Å². The number of hydrogen-bond acceptors (Lipinski definition) is 4. The van der Waals surface area contributed by atoms with E-state index in [1.165, 1.54) is 0 Å². The van der Waals surface area contributed by atoms with Crippen molar-refractivity contribution in [3.05, 3.63) is 41.5 Å². The predicted molar refractivity (Wildman–Crippen MR) is 64.4 cm³/mol. The van der Waals surface area contributed by atoms with Gasteiger partial charge in [0.1, 0.15) is 0 Å². The molecule has 17 heavy (non-hydrogen) atoms. The van der Waals surface area contributed by atoms with Crippen LogP contribution >= 0.6 is 0 Å². The van der Waals surface area contributed by atoms with Crippen LogP contribution in [0, 0.1) is 11.3 Å². The second-order valence-corrected chi connectivity index (χ2v) is 3.35. The number of nitriles is 1. The first-order valence-electron chi connectivity index (χ1n) is 5.28. The third-order valence-electron chi connectivity index (χ3n) is 2.17. The Bertz CT molecular complexity index is 458. The van der Waals surface area contributed by atoms with Crippen molar-refractivity contribution in [2.75, 3.05) is 6.61 Å². The lowest BCUT2D eigenvalue weighted by Gasteiger charge is -2.05. The number of benzene rings is 1. The molecule has 88 valence electrons. The number of carbonyl (C=O) groups is 1. The van der Waals surface area contributed by atoms with E-state index < -0.39 is 5.97 Å². The highest BCUT2D eigenvalue weighted by molar-refractivity contribution is 5.79. The molecule has 0 atom stereocenters. The molecule has 1 aromatic carbocycles. The van der Waals surface area contributed by atoms with Gasteiger partial charge in [-0.25, -0.2) is 0 Å². The minimum atomic E-state index is -0.442. The number of hydrogen-bond donors (Lipinski definition) is 1. The summed E-state index contributed by atoms with van der Waals surface area (Å²) in [7, 11) is 0. The lowest BCUT2D eigenvalue weighted by molar-refractivity contribution is -0.142. The first kappa shape index (κ1) is 12.8. The van der Waals surface area contributed by atoms with E-state index in [4.69, 9.17) is 15.7 Å². The van der Waals surface area contributed by atoms with Gasteiger partial charge in [0.25, 0.3) is 0 Å². The fourth-order valence-electron chi connectivity index (χ4n) is 1.34. The fraction of sp³-hybridized carbons (Fsp3) is 0.231. The van der Waals surface area contributed by atoms with Crippen molar-refractivity contribution in [3.63, 3.8) is 0 Å². The van der Waals surface area contributed by atoms with Gasteiger partial charge >= 0.3 is 5.97 Å². The molecule has 1 aromatic rings. The Morgan fingerprint density at radius 1 is 1.41 bits per heavy atom. The standard InChI is InChI=1S/C13H14N2O2/c1-2-17-12(16)8-11(9-14)13(15)10-6-4-3-5-7-10/h3-7H,2,8,15H2,1H3/b13-11-. The summed E-state index contributed by atoms with van der Waals surface area (Å²) in [5.74, 6) is -0.442. The van der Waals surface area contributed by atoms with E-state index in [0.29, 0.717) is 12.3 Å².